The summed E-state index contributed by atoms with van der Waals surface area (Å²) in [7, 11) is -1.98. The van der Waals surface area contributed by atoms with Crippen molar-refractivity contribution < 1.29 is 18.1 Å². The number of rotatable bonds is 7. The molecule has 0 unspecified atom stereocenters. The summed E-state index contributed by atoms with van der Waals surface area (Å²) in [5.74, 6) is 0.799. The fourth-order valence-electron chi connectivity index (χ4n) is 5.06. The van der Waals surface area contributed by atoms with E-state index in [0.29, 0.717) is 50.0 Å². The van der Waals surface area contributed by atoms with Crippen molar-refractivity contribution in [3.05, 3.63) is 81.9 Å². The van der Waals surface area contributed by atoms with Gasteiger partial charge in [-0.15, -0.1) is 0 Å². The first-order valence-electron chi connectivity index (χ1n) is 12.7. The maximum atomic E-state index is 13.1. The fourth-order valence-corrected chi connectivity index (χ4v) is 6.61. The van der Waals surface area contributed by atoms with E-state index in [2.05, 4.69) is 14.7 Å². The van der Waals surface area contributed by atoms with Crippen molar-refractivity contribution in [3.8, 4) is 5.75 Å². The average molecular weight is 572 g/mol. The molecule has 2 aliphatic rings. The second kappa shape index (κ2) is 11.3. The third kappa shape index (κ3) is 5.75. The first-order valence-corrected chi connectivity index (χ1v) is 14.5. The summed E-state index contributed by atoms with van der Waals surface area (Å²) in [4.78, 5) is 18.1. The number of hydrogen-bond acceptors (Lipinski definition) is 8. The summed E-state index contributed by atoms with van der Waals surface area (Å²) in [6.45, 7) is 4.34. The number of anilines is 3. The summed E-state index contributed by atoms with van der Waals surface area (Å²) in [5.41, 5.74) is 2.59. The minimum absolute atomic E-state index is 0.0700. The van der Waals surface area contributed by atoms with E-state index < -0.39 is 10.0 Å². The maximum absolute atomic E-state index is 13.1. The Labute approximate surface area is 233 Å². The first kappa shape index (κ1) is 27.0. The molecular formula is C27H30ClN5O5S. The molecule has 12 heteroatoms. The number of sulfonamides is 1. The molecule has 3 aromatic rings. The van der Waals surface area contributed by atoms with Gasteiger partial charge in [0.05, 0.1) is 16.9 Å². The zero-order valence-corrected chi connectivity index (χ0v) is 23.1. The van der Waals surface area contributed by atoms with E-state index in [9.17, 15) is 18.5 Å². The molecule has 0 N–H and O–H groups in total. The van der Waals surface area contributed by atoms with Gasteiger partial charge in [0.2, 0.25) is 10.0 Å². The van der Waals surface area contributed by atoms with E-state index in [1.807, 2.05) is 30.3 Å². The number of benzene rings is 3. The molecule has 3 aromatic carbocycles. The van der Waals surface area contributed by atoms with Crippen LogP contribution < -0.4 is 19.4 Å². The summed E-state index contributed by atoms with van der Waals surface area (Å²) in [5, 5.41) is 12.4. The molecule has 2 aliphatic heterocycles. The molecule has 206 valence electrons. The molecule has 39 heavy (non-hydrogen) atoms. The van der Waals surface area contributed by atoms with Gasteiger partial charge in [-0.05, 0) is 60.7 Å². The van der Waals surface area contributed by atoms with Crippen LogP contribution in [-0.4, -0.2) is 77.1 Å². The minimum atomic E-state index is -3.62. The van der Waals surface area contributed by atoms with Crippen LogP contribution in [0.25, 0.3) is 0 Å². The lowest BCUT2D eigenvalue weighted by Crippen LogP contribution is -2.49. The van der Waals surface area contributed by atoms with Gasteiger partial charge in [-0.25, -0.2) is 8.42 Å². The van der Waals surface area contributed by atoms with Crippen LogP contribution in [0.1, 0.15) is 0 Å². The van der Waals surface area contributed by atoms with E-state index in [0.717, 1.165) is 30.2 Å². The van der Waals surface area contributed by atoms with Gasteiger partial charge in [0.15, 0.2) is 0 Å². The number of nitro benzene ring substituents is 1. The Bertz CT molecular complexity index is 1420. The molecule has 10 nitrogen and oxygen atoms in total. The molecule has 0 bridgehead atoms. The molecule has 2 fully saturated rings. The third-order valence-electron chi connectivity index (χ3n) is 7.27. The van der Waals surface area contributed by atoms with Gasteiger partial charge in [0.1, 0.15) is 11.4 Å². The Kier molecular flexibility index (Phi) is 7.83. The van der Waals surface area contributed by atoms with Gasteiger partial charge in [-0.1, -0.05) is 11.6 Å². The van der Waals surface area contributed by atoms with Crippen LogP contribution in [0.15, 0.2) is 71.6 Å². The molecule has 0 amide bonds. The monoisotopic (exact) mass is 571 g/mol. The normalized spacial score (nSPS) is 16.8. The van der Waals surface area contributed by atoms with Crippen molar-refractivity contribution in [3.63, 3.8) is 0 Å². The number of ether oxygens (including phenoxy) is 1. The summed E-state index contributed by atoms with van der Waals surface area (Å²) in [6.07, 6.45) is 0. The van der Waals surface area contributed by atoms with E-state index >= 15 is 0 Å². The number of nitrogens with zero attached hydrogens (tertiary/aromatic N) is 5. The number of methoxy groups -OCH3 is 1. The summed E-state index contributed by atoms with van der Waals surface area (Å²) < 4.78 is 32.8. The zero-order chi connectivity index (χ0) is 27.6. The molecule has 0 spiro atoms. The Balaban J connectivity index is 1.27. The average Bonchev–Trinajstić information content (AvgIpc) is 2.97. The Morgan fingerprint density at radius 2 is 1.31 bits per heavy atom. The number of piperazine rings is 2. The highest BCUT2D eigenvalue weighted by Crippen LogP contribution is 2.34. The van der Waals surface area contributed by atoms with E-state index in [4.69, 9.17) is 16.3 Å². The Hall–Kier alpha value is -3.54. The topological polar surface area (TPSA) is 99.5 Å². The molecule has 0 saturated carbocycles. The van der Waals surface area contributed by atoms with Gasteiger partial charge in [0, 0.05) is 74.8 Å². The SMILES string of the molecule is COc1ccc(N2CCN(c3cc(N4CCN(S(=O)(=O)c5ccc(Cl)cc5)CC4)ccc3[N+](=O)[O-])CC2)cc1. The van der Waals surface area contributed by atoms with Crippen molar-refractivity contribution in [2.75, 3.05) is 74.2 Å². The second-order valence-electron chi connectivity index (χ2n) is 9.45. The standard InChI is InChI=1S/C27H30ClN5O5S/c1-38-24-7-4-22(5-8-24)29-12-14-31(15-13-29)27-20-23(6-11-26(27)33(34)35)30-16-18-32(19-17-30)39(36,37)25-9-2-21(28)3-10-25/h2-11,20H,12-19H2,1H3. The van der Waals surface area contributed by atoms with E-state index in [-0.39, 0.29) is 15.5 Å². The van der Waals surface area contributed by atoms with E-state index in [1.54, 1.807) is 31.4 Å². The Morgan fingerprint density at radius 1 is 0.769 bits per heavy atom. The number of halogens is 1. The lowest BCUT2D eigenvalue weighted by molar-refractivity contribution is -0.384. The molecule has 0 atom stereocenters. The van der Waals surface area contributed by atoms with Crippen LogP contribution in [0.3, 0.4) is 0 Å². The Morgan fingerprint density at radius 3 is 1.90 bits per heavy atom. The van der Waals surface area contributed by atoms with Crippen molar-refractivity contribution in [1.29, 1.82) is 0 Å². The molecular weight excluding hydrogens is 542 g/mol. The number of nitro groups is 1. The lowest BCUT2D eigenvalue weighted by Gasteiger charge is -2.38. The second-order valence-corrected chi connectivity index (χ2v) is 11.8. The van der Waals surface area contributed by atoms with Crippen molar-refractivity contribution >= 4 is 44.4 Å². The third-order valence-corrected chi connectivity index (χ3v) is 9.43. The quantitative estimate of drug-likeness (QED) is 0.309. The van der Waals surface area contributed by atoms with Crippen molar-refractivity contribution in [1.82, 2.24) is 4.31 Å². The van der Waals surface area contributed by atoms with Gasteiger partial charge in [0.25, 0.3) is 5.69 Å². The van der Waals surface area contributed by atoms with Crippen LogP contribution in [-0.2, 0) is 10.0 Å². The molecule has 2 saturated heterocycles. The maximum Gasteiger partial charge on any atom is 0.292 e. The van der Waals surface area contributed by atoms with Crippen molar-refractivity contribution in [2.24, 2.45) is 0 Å². The van der Waals surface area contributed by atoms with Gasteiger partial charge in [-0.2, -0.15) is 4.31 Å². The van der Waals surface area contributed by atoms with Crippen LogP contribution >= 0.6 is 11.6 Å². The highest BCUT2D eigenvalue weighted by atomic mass is 35.5. The van der Waals surface area contributed by atoms with Crippen LogP contribution in [0.5, 0.6) is 5.75 Å². The van der Waals surface area contributed by atoms with Crippen LogP contribution in [0, 0.1) is 10.1 Å². The van der Waals surface area contributed by atoms with Crippen LogP contribution in [0.2, 0.25) is 5.02 Å². The van der Waals surface area contributed by atoms with Crippen LogP contribution in [0.4, 0.5) is 22.7 Å². The highest BCUT2D eigenvalue weighted by molar-refractivity contribution is 7.89. The molecule has 5 rings (SSSR count). The minimum Gasteiger partial charge on any atom is -0.497 e. The number of hydrogen-bond donors (Lipinski definition) is 0. The molecule has 0 aliphatic carbocycles. The molecule has 0 aromatic heterocycles. The molecule has 2 heterocycles. The van der Waals surface area contributed by atoms with Gasteiger partial charge < -0.3 is 19.4 Å². The summed E-state index contributed by atoms with van der Waals surface area (Å²) >= 11 is 5.91. The lowest BCUT2D eigenvalue weighted by atomic mass is 10.1. The largest absolute Gasteiger partial charge is 0.497 e. The van der Waals surface area contributed by atoms with Gasteiger partial charge in [-0.3, -0.25) is 10.1 Å². The summed E-state index contributed by atoms with van der Waals surface area (Å²) in [6, 6.07) is 19.2. The predicted molar refractivity (Wildman–Crippen MR) is 153 cm³/mol. The van der Waals surface area contributed by atoms with Gasteiger partial charge >= 0.3 is 0 Å². The highest BCUT2D eigenvalue weighted by Gasteiger charge is 2.30. The smallest absolute Gasteiger partial charge is 0.292 e. The zero-order valence-electron chi connectivity index (χ0n) is 21.6. The van der Waals surface area contributed by atoms with E-state index in [1.165, 1.54) is 16.4 Å². The fraction of sp³-hybridized carbons (Fsp3) is 0.333. The predicted octanol–water partition coefficient (Wildman–Crippen LogP) is 4.09. The molecule has 0 radical (unpaired) electrons. The first-order chi connectivity index (χ1) is 18.8. The van der Waals surface area contributed by atoms with Crippen molar-refractivity contribution in [2.45, 2.75) is 4.90 Å².